The van der Waals surface area contributed by atoms with Crippen molar-refractivity contribution in [3.05, 3.63) is 60.8 Å². The molecular weight excluding hydrogens is 762 g/mol. The first kappa shape index (κ1) is 56.7. The minimum absolute atomic E-state index is 0.0444. The van der Waals surface area contributed by atoms with E-state index in [4.69, 9.17) is 18.5 Å². The fraction of sp³-hybridized carbons (Fsp3) is 0.755. The molecule has 0 saturated heterocycles. The molecule has 0 fully saturated rings. The van der Waals surface area contributed by atoms with Crippen LogP contribution in [-0.4, -0.2) is 70.0 Å². The van der Waals surface area contributed by atoms with Crippen molar-refractivity contribution in [1.82, 2.24) is 0 Å². The summed E-state index contributed by atoms with van der Waals surface area (Å²) in [6.07, 6.45) is 49.7. The molecule has 342 valence electrons. The van der Waals surface area contributed by atoms with Crippen molar-refractivity contribution in [1.29, 1.82) is 0 Å². The van der Waals surface area contributed by atoms with Crippen LogP contribution in [0, 0.1) is 0 Å². The van der Waals surface area contributed by atoms with Gasteiger partial charge < -0.3 is 27.9 Å². The molecule has 0 aromatic rings. The smallest absolute Gasteiger partial charge is 0.306 e. The summed E-state index contributed by atoms with van der Waals surface area (Å²) in [5.41, 5.74) is 0. The van der Waals surface area contributed by atoms with Gasteiger partial charge >= 0.3 is 11.9 Å². The molecule has 0 saturated carbocycles. The molecule has 0 spiro atoms. The maximum Gasteiger partial charge on any atom is 0.306 e. The normalized spacial score (nSPS) is 14.1. The van der Waals surface area contributed by atoms with E-state index in [9.17, 15) is 19.0 Å². The Labute approximate surface area is 362 Å². The van der Waals surface area contributed by atoms with Gasteiger partial charge in [0.1, 0.15) is 19.8 Å². The molecule has 0 aromatic carbocycles. The van der Waals surface area contributed by atoms with Crippen LogP contribution in [0.3, 0.4) is 0 Å². The van der Waals surface area contributed by atoms with Gasteiger partial charge in [0.2, 0.25) is 0 Å². The van der Waals surface area contributed by atoms with E-state index in [1.54, 1.807) is 0 Å². The second kappa shape index (κ2) is 41.1. The first-order valence-corrected chi connectivity index (χ1v) is 25.0. The number of rotatable bonds is 42. The molecule has 1 unspecified atom stereocenters. The Kier molecular flexibility index (Phi) is 39.5. The molecule has 0 aliphatic rings. The molecule has 2 atom stereocenters. The number of carbonyl (C=O) groups is 2. The third-order valence-electron chi connectivity index (χ3n) is 9.76. The molecule has 0 amide bonds. The summed E-state index contributed by atoms with van der Waals surface area (Å²) in [6, 6.07) is 0. The number of unbranched alkanes of at least 4 members (excludes halogenated alkanes) is 18. The second-order valence-corrected chi connectivity index (χ2v) is 18.2. The lowest BCUT2D eigenvalue weighted by Gasteiger charge is -2.28. The summed E-state index contributed by atoms with van der Waals surface area (Å²) >= 11 is 0. The average Bonchev–Trinajstić information content (AvgIpc) is 3.19. The molecule has 9 nitrogen and oxygen atoms in total. The van der Waals surface area contributed by atoms with Crippen LogP contribution < -0.4 is 4.89 Å². The Morgan fingerprint density at radius 2 is 0.932 bits per heavy atom. The first-order chi connectivity index (χ1) is 28.5. The van der Waals surface area contributed by atoms with E-state index in [0.29, 0.717) is 30.3 Å². The van der Waals surface area contributed by atoms with Crippen LogP contribution in [0.1, 0.15) is 187 Å². The highest BCUT2D eigenvalue weighted by atomic mass is 31.2. The zero-order valence-corrected chi connectivity index (χ0v) is 39.3. The minimum Gasteiger partial charge on any atom is -0.756 e. The Morgan fingerprint density at radius 3 is 1.42 bits per heavy atom. The fourth-order valence-electron chi connectivity index (χ4n) is 6.05. The average molecular weight is 850 g/mol. The predicted octanol–water partition coefficient (Wildman–Crippen LogP) is 13.0. The molecule has 0 radical (unpaired) electrons. The molecule has 0 heterocycles. The number of carbonyl (C=O) groups excluding carboxylic acids is 2. The largest absolute Gasteiger partial charge is 0.756 e. The van der Waals surface area contributed by atoms with Crippen LogP contribution in [-0.2, 0) is 32.7 Å². The van der Waals surface area contributed by atoms with Gasteiger partial charge in [0.15, 0.2) is 6.10 Å². The van der Waals surface area contributed by atoms with Crippen LogP contribution in [0.4, 0.5) is 0 Å². The van der Waals surface area contributed by atoms with Crippen LogP contribution in [0.25, 0.3) is 0 Å². The van der Waals surface area contributed by atoms with Gasteiger partial charge in [0, 0.05) is 12.8 Å². The fourth-order valence-corrected chi connectivity index (χ4v) is 6.78. The van der Waals surface area contributed by atoms with Gasteiger partial charge in [0.05, 0.1) is 27.7 Å². The van der Waals surface area contributed by atoms with E-state index in [2.05, 4.69) is 68.5 Å². The topological polar surface area (TPSA) is 111 Å². The number of nitrogens with zero attached hydrogens (tertiary/aromatic N) is 1. The highest BCUT2D eigenvalue weighted by Gasteiger charge is 2.21. The zero-order valence-electron chi connectivity index (χ0n) is 38.4. The first-order valence-electron chi connectivity index (χ1n) is 23.5. The summed E-state index contributed by atoms with van der Waals surface area (Å²) in [6.45, 7) is 4.14. The SMILES string of the molecule is CCCCCCC/C=C/CCCCCCCC(=O)OC[C@H](COP(=O)([O-])OCC[N+](C)(C)C)OC(=O)CCC/C=C/C/C=C/C/C=C/C/C=C/CCCCCCCCC. The van der Waals surface area contributed by atoms with Crippen LogP contribution in [0.2, 0.25) is 0 Å². The number of ether oxygens (including phenoxy) is 2. The lowest BCUT2D eigenvalue weighted by molar-refractivity contribution is -0.870. The summed E-state index contributed by atoms with van der Waals surface area (Å²) in [5, 5.41) is 0. The number of phosphoric acid groups is 1. The summed E-state index contributed by atoms with van der Waals surface area (Å²) in [7, 11) is 1.12. The van der Waals surface area contributed by atoms with Crippen LogP contribution in [0.15, 0.2) is 60.8 Å². The maximum atomic E-state index is 12.7. The molecule has 0 rings (SSSR count). The number of esters is 2. The molecule has 10 heteroatoms. The molecule has 0 aromatic heterocycles. The van der Waals surface area contributed by atoms with E-state index in [1.807, 2.05) is 27.2 Å². The van der Waals surface area contributed by atoms with E-state index in [1.165, 1.54) is 89.9 Å². The Hall–Kier alpha value is -2.29. The highest BCUT2D eigenvalue weighted by Crippen LogP contribution is 2.38. The number of hydrogen-bond donors (Lipinski definition) is 0. The lowest BCUT2D eigenvalue weighted by atomic mass is 10.1. The van der Waals surface area contributed by atoms with Gasteiger partial charge in [-0.2, -0.15) is 0 Å². The maximum absolute atomic E-state index is 12.7. The van der Waals surface area contributed by atoms with Gasteiger partial charge in [-0.1, -0.05) is 158 Å². The number of hydrogen-bond acceptors (Lipinski definition) is 8. The minimum atomic E-state index is -4.64. The van der Waals surface area contributed by atoms with Crippen molar-refractivity contribution in [3.8, 4) is 0 Å². The molecular formula is C49H88NO8P. The molecule has 0 N–H and O–H groups in total. The quantitative estimate of drug-likeness (QED) is 0.0196. The van der Waals surface area contributed by atoms with Gasteiger partial charge in [0.25, 0.3) is 7.82 Å². The number of quaternary nitrogens is 1. The number of phosphoric ester groups is 1. The standard InChI is InChI=1S/C49H88NO8P/c1-6-8-10-12-14-16-18-20-22-23-24-25-26-27-28-30-32-34-36-38-40-42-49(52)58-47(46-57-59(53,54)56-44-43-50(3,4)5)45-55-48(51)41-39-37-35-33-31-29-21-19-17-15-13-11-9-7-2/h19,21-23,25-26,28,30,34,36,47H,6-18,20,24,27,29,31-33,35,37-46H2,1-5H3/b21-19+,23-22+,26-25+,30-28+,36-34+/t47-/m1/s1. The second-order valence-electron chi connectivity index (χ2n) is 16.8. The summed E-state index contributed by atoms with van der Waals surface area (Å²) in [5.74, 6) is -0.912. The summed E-state index contributed by atoms with van der Waals surface area (Å²) in [4.78, 5) is 37.5. The Balaban J connectivity index is 4.44. The van der Waals surface area contributed by atoms with Crippen molar-refractivity contribution >= 4 is 19.8 Å². The predicted molar refractivity (Wildman–Crippen MR) is 245 cm³/mol. The van der Waals surface area contributed by atoms with Crippen LogP contribution in [0.5, 0.6) is 0 Å². The van der Waals surface area contributed by atoms with Gasteiger partial charge in [-0.15, -0.1) is 0 Å². The van der Waals surface area contributed by atoms with Crippen molar-refractivity contribution in [2.45, 2.75) is 193 Å². The van der Waals surface area contributed by atoms with Crippen molar-refractivity contribution in [2.24, 2.45) is 0 Å². The zero-order chi connectivity index (χ0) is 43.6. The third kappa shape index (κ3) is 45.1. The van der Waals surface area contributed by atoms with Crippen molar-refractivity contribution < 1.29 is 42.1 Å². The molecule has 0 aliphatic heterocycles. The van der Waals surface area contributed by atoms with Crippen molar-refractivity contribution in [2.75, 3.05) is 47.5 Å². The van der Waals surface area contributed by atoms with E-state index in [0.717, 1.165) is 51.4 Å². The third-order valence-corrected chi connectivity index (χ3v) is 10.7. The van der Waals surface area contributed by atoms with E-state index < -0.39 is 32.5 Å². The van der Waals surface area contributed by atoms with E-state index in [-0.39, 0.29) is 26.1 Å². The highest BCUT2D eigenvalue weighted by molar-refractivity contribution is 7.45. The number of allylic oxidation sites excluding steroid dienone is 10. The Bertz CT molecular complexity index is 1190. The monoisotopic (exact) mass is 850 g/mol. The number of likely N-dealkylation sites (N-methyl/N-ethyl adjacent to an activating group) is 1. The molecule has 59 heavy (non-hydrogen) atoms. The van der Waals surface area contributed by atoms with Gasteiger partial charge in [-0.25, -0.2) is 0 Å². The van der Waals surface area contributed by atoms with Crippen molar-refractivity contribution in [3.63, 3.8) is 0 Å². The Morgan fingerprint density at radius 1 is 0.525 bits per heavy atom. The summed E-state index contributed by atoms with van der Waals surface area (Å²) < 4.78 is 33.9. The lowest BCUT2D eigenvalue weighted by Crippen LogP contribution is -2.37. The molecule has 0 aliphatic carbocycles. The van der Waals surface area contributed by atoms with Gasteiger partial charge in [-0.05, 0) is 77.0 Å². The van der Waals surface area contributed by atoms with Crippen LogP contribution >= 0.6 is 7.82 Å². The van der Waals surface area contributed by atoms with Gasteiger partial charge in [-0.3, -0.25) is 14.2 Å². The molecule has 0 bridgehead atoms. The van der Waals surface area contributed by atoms with E-state index >= 15 is 0 Å².